The van der Waals surface area contributed by atoms with Gasteiger partial charge in [0.15, 0.2) is 0 Å². The van der Waals surface area contributed by atoms with E-state index in [0.717, 1.165) is 44.5 Å². The number of anilines is 1. The lowest BCUT2D eigenvalue weighted by Gasteiger charge is -2.11. The predicted octanol–water partition coefficient (Wildman–Crippen LogP) is 6.92. The van der Waals surface area contributed by atoms with Gasteiger partial charge in [0.05, 0.1) is 7.11 Å². The summed E-state index contributed by atoms with van der Waals surface area (Å²) in [7, 11) is 1.37. The minimum absolute atomic E-state index is 0.226. The van der Waals surface area contributed by atoms with Crippen molar-refractivity contribution in [3.63, 3.8) is 0 Å². The normalized spacial score (nSPS) is 11.1. The number of thiophene rings is 1. The largest absolute Gasteiger partial charge is 0.465 e. The minimum atomic E-state index is -0.462. The SMILES string of the molecule is CCc1ccc2c(c1)c(C)c(C(=O)Nc1sc(C)c(-c3ccc(C)cc3)c1C(=O)OC)n2CC. The van der Waals surface area contributed by atoms with Gasteiger partial charge in [-0.2, -0.15) is 0 Å². The Kier molecular flexibility index (Phi) is 6.62. The van der Waals surface area contributed by atoms with E-state index < -0.39 is 5.97 Å². The van der Waals surface area contributed by atoms with E-state index in [0.29, 0.717) is 22.8 Å². The lowest BCUT2D eigenvalue weighted by Crippen LogP contribution is -2.19. The molecule has 4 rings (SSSR count). The van der Waals surface area contributed by atoms with E-state index in [4.69, 9.17) is 4.74 Å². The summed E-state index contributed by atoms with van der Waals surface area (Å²) in [5.41, 5.74) is 7.09. The topological polar surface area (TPSA) is 60.3 Å². The number of hydrogen-bond donors (Lipinski definition) is 1. The van der Waals surface area contributed by atoms with Gasteiger partial charge in [-0.05, 0) is 62.9 Å². The van der Waals surface area contributed by atoms with Crippen LogP contribution < -0.4 is 5.32 Å². The number of nitrogens with one attached hydrogen (secondary N) is 1. The first-order valence-electron chi connectivity index (χ1n) is 11.5. The third-order valence-corrected chi connectivity index (χ3v) is 7.38. The number of carbonyl (C=O) groups is 2. The zero-order valence-corrected chi connectivity index (χ0v) is 21.4. The van der Waals surface area contributed by atoms with Crippen LogP contribution in [0.15, 0.2) is 42.5 Å². The van der Waals surface area contributed by atoms with Crippen LogP contribution in [-0.2, 0) is 17.7 Å². The monoisotopic (exact) mass is 474 g/mol. The molecule has 0 saturated heterocycles. The summed E-state index contributed by atoms with van der Waals surface area (Å²) in [5, 5.41) is 4.64. The van der Waals surface area contributed by atoms with Gasteiger partial charge in [0.2, 0.25) is 0 Å². The molecule has 5 nitrogen and oxygen atoms in total. The number of rotatable bonds is 6. The number of hydrogen-bond acceptors (Lipinski definition) is 4. The van der Waals surface area contributed by atoms with Crippen molar-refractivity contribution < 1.29 is 14.3 Å². The molecule has 0 aliphatic rings. The van der Waals surface area contributed by atoms with Crippen molar-refractivity contribution in [3.8, 4) is 11.1 Å². The van der Waals surface area contributed by atoms with Crippen LogP contribution >= 0.6 is 11.3 Å². The molecule has 0 spiro atoms. The number of benzene rings is 2. The highest BCUT2D eigenvalue weighted by Gasteiger charge is 2.27. The molecule has 4 aromatic rings. The van der Waals surface area contributed by atoms with Crippen molar-refractivity contribution >= 4 is 39.1 Å². The Morgan fingerprint density at radius 3 is 2.35 bits per heavy atom. The number of fused-ring (bicyclic) bond motifs is 1. The number of methoxy groups -OCH3 is 1. The van der Waals surface area contributed by atoms with Gasteiger partial charge < -0.3 is 14.6 Å². The van der Waals surface area contributed by atoms with Crippen LogP contribution in [0.2, 0.25) is 0 Å². The highest BCUT2D eigenvalue weighted by Crippen LogP contribution is 2.41. The first-order chi connectivity index (χ1) is 16.3. The highest BCUT2D eigenvalue weighted by molar-refractivity contribution is 7.17. The maximum Gasteiger partial charge on any atom is 0.341 e. The molecule has 0 fully saturated rings. The number of carbonyl (C=O) groups excluding carboxylic acids is 2. The molecule has 2 aromatic heterocycles. The molecule has 1 amide bonds. The van der Waals surface area contributed by atoms with E-state index in [2.05, 4.69) is 30.4 Å². The second-order valence-electron chi connectivity index (χ2n) is 8.47. The molecular weight excluding hydrogens is 444 g/mol. The Labute approximate surface area is 204 Å². The number of aryl methyl sites for hydroxylation is 5. The number of nitrogens with zero attached hydrogens (tertiary/aromatic N) is 1. The summed E-state index contributed by atoms with van der Waals surface area (Å²) in [6.45, 7) is 10.8. The quantitative estimate of drug-likeness (QED) is 0.309. The molecule has 0 aliphatic heterocycles. The number of amides is 1. The van der Waals surface area contributed by atoms with Crippen LogP contribution in [0, 0.1) is 20.8 Å². The molecule has 176 valence electrons. The molecule has 1 N–H and O–H groups in total. The first kappa shape index (κ1) is 23.8. The van der Waals surface area contributed by atoms with Crippen LogP contribution in [-0.4, -0.2) is 23.6 Å². The van der Waals surface area contributed by atoms with Crippen molar-refractivity contribution in [3.05, 3.63) is 75.3 Å². The van der Waals surface area contributed by atoms with Gasteiger partial charge in [-0.25, -0.2) is 4.79 Å². The van der Waals surface area contributed by atoms with E-state index in [1.807, 2.05) is 56.5 Å². The second-order valence-corrected chi connectivity index (χ2v) is 9.70. The summed E-state index contributed by atoms with van der Waals surface area (Å²) >= 11 is 1.40. The van der Waals surface area contributed by atoms with Gasteiger partial charge in [-0.15, -0.1) is 11.3 Å². The van der Waals surface area contributed by atoms with Crippen molar-refractivity contribution in [2.75, 3.05) is 12.4 Å². The molecule has 6 heteroatoms. The standard InChI is InChI=1S/C28H30N2O3S/c1-7-19-11-14-22-21(15-19)17(4)25(30(22)8-2)26(31)29-27-24(28(32)33-6)23(18(5)34-27)20-12-9-16(3)10-13-20/h9-15H,7-8H2,1-6H3,(H,29,31). The van der Waals surface area contributed by atoms with E-state index in [9.17, 15) is 9.59 Å². The average Bonchev–Trinajstić information content (AvgIpc) is 3.31. The van der Waals surface area contributed by atoms with Gasteiger partial charge in [0.1, 0.15) is 16.3 Å². The number of ether oxygens (including phenoxy) is 1. The number of aromatic nitrogens is 1. The van der Waals surface area contributed by atoms with Crippen molar-refractivity contribution in [1.29, 1.82) is 0 Å². The molecular formula is C28H30N2O3S. The van der Waals surface area contributed by atoms with Crippen LogP contribution in [0.3, 0.4) is 0 Å². The first-order valence-corrected chi connectivity index (χ1v) is 12.3. The fourth-order valence-corrected chi connectivity index (χ4v) is 5.63. The zero-order chi connectivity index (χ0) is 24.6. The van der Waals surface area contributed by atoms with Gasteiger partial charge in [-0.1, -0.05) is 42.8 Å². The zero-order valence-electron chi connectivity index (χ0n) is 20.5. The third-order valence-electron chi connectivity index (χ3n) is 6.36. The molecule has 0 atom stereocenters. The smallest absolute Gasteiger partial charge is 0.341 e. The van der Waals surface area contributed by atoms with E-state index >= 15 is 0 Å². The summed E-state index contributed by atoms with van der Waals surface area (Å²) < 4.78 is 7.16. The van der Waals surface area contributed by atoms with Gasteiger partial charge in [0.25, 0.3) is 5.91 Å². The number of esters is 1. The van der Waals surface area contributed by atoms with Gasteiger partial charge in [-0.3, -0.25) is 4.79 Å². The van der Waals surface area contributed by atoms with Crippen LogP contribution in [0.4, 0.5) is 5.00 Å². The fraction of sp³-hybridized carbons (Fsp3) is 0.286. The Bertz CT molecular complexity index is 1390. The molecule has 0 saturated carbocycles. The minimum Gasteiger partial charge on any atom is -0.465 e. The molecule has 2 heterocycles. The summed E-state index contributed by atoms with van der Waals surface area (Å²) in [6.07, 6.45) is 0.937. The Hall–Kier alpha value is -3.38. The van der Waals surface area contributed by atoms with Gasteiger partial charge >= 0.3 is 5.97 Å². The average molecular weight is 475 g/mol. The van der Waals surface area contributed by atoms with Crippen LogP contribution in [0.5, 0.6) is 0 Å². The molecule has 0 radical (unpaired) electrons. The second kappa shape index (κ2) is 9.47. The van der Waals surface area contributed by atoms with Crippen LogP contribution in [0.25, 0.3) is 22.0 Å². The molecule has 2 aromatic carbocycles. The summed E-state index contributed by atoms with van der Waals surface area (Å²) in [5.74, 6) is -0.689. The molecule has 34 heavy (non-hydrogen) atoms. The van der Waals surface area contributed by atoms with Crippen molar-refractivity contribution in [2.24, 2.45) is 0 Å². The third kappa shape index (κ3) is 4.03. The summed E-state index contributed by atoms with van der Waals surface area (Å²) in [6, 6.07) is 14.4. The Balaban J connectivity index is 1.82. The molecule has 0 aliphatic carbocycles. The highest BCUT2D eigenvalue weighted by atomic mass is 32.1. The van der Waals surface area contributed by atoms with E-state index in [1.54, 1.807) is 0 Å². The predicted molar refractivity (Wildman–Crippen MR) is 140 cm³/mol. The van der Waals surface area contributed by atoms with Crippen molar-refractivity contribution in [2.45, 2.75) is 47.6 Å². The van der Waals surface area contributed by atoms with E-state index in [1.165, 1.54) is 24.0 Å². The van der Waals surface area contributed by atoms with Crippen LogP contribution in [0.1, 0.15) is 56.3 Å². The lowest BCUT2D eigenvalue weighted by atomic mass is 10.0. The lowest BCUT2D eigenvalue weighted by molar-refractivity contribution is 0.0603. The fourth-order valence-electron chi connectivity index (χ4n) is 4.57. The molecule has 0 unspecified atom stereocenters. The summed E-state index contributed by atoms with van der Waals surface area (Å²) in [4.78, 5) is 27.4. The Morgan fingerprint density at radius 2 is 1.74 bits per heavy atom. The molecule has 0 bridgehead atoms. The maximum absolute atomic E-state index is 13.6. The van der Waals surface area contributed by atoms with E-state index in [-0.39, 0.29) is 5.91 Å². The van der Waals surface area contributed by atoms with Crippen molar-refractivity contribution in [1.82, 2.24) is 4.57 Å². The van der Waals surface area contributed by atoms with Gasteiger partial charge in [0, 0.05) is 27.9 Å². The maximum atomic E-state index is 13.6. The Morgan fingerprint density at radius 1 is 1.03 bits per heavy atom.